The van der Waals surface area contributed by atoms with E-state index in [-0.39, 0.29) is 0 Å². The van der Waals surface area contributed by atoms with E-state index < -0.39 is 0 Å². The molecule has 0 aromatic heterocycles. The van der Waals surface area contributed by atoms with Crippen molar-refractivity contribution in [3.63, 3.8) is 0 Å². The topological polar surface area (TPSA) is 6.48 Å². The number of rotatable bonds is 2. The van der Waals surface area contributed by atoms with Crippen LogP contribution in [0, 0.1) is 0 Å². The van der Waals surface area contributed by atoms with Gasteiger partial charge in [0.25, 0.3) is 12.0 Å². The summed E-state index contributed by atoms with van der Waals surface area (Å²) >= 11 is 4.14. The van der Waals surface area contributed by atoms with Crippen LogP contribution in [-0.2, 0) is 0 Å². The molecule has 1 fully saturated rings. The first kappa shape index (κ1) is 10.8. The van der Waals surface area contributed by atoms with Crippen LogP contribution in [0.1, 0.15) is 0 Å². The lowest BCUT2D eigenvalue weighted by atomic mass is 9.50. The fraction of sp³-hybridized carbons (Fsp3) is 1.00. The van der Waals surface area contributed by atoms with Gasteiger partial charge in [0.05, 0.1) is 0 Å². The normalized spacial score (nSPS) is 19.5. The van der Waals surface area contributed by atoms with E-state index in [0.29, 0.717) is 12.0 Å². The van der Waals surface area contributed by atoms with E-state index in [1.54, 1.807) is 0 Å². The maximum atomic E-state index is 2.32. The van der Waals surface area contributed by atoms with Gasteiger partial charge in [-0.15, -0.1) is 0 Å². The monoisotopic (exact) mass is 202 g/mol. The lowest BCUT2D eigenvalue weighted by Gasteiger charge is -2.33. The van der Waals surface area contributed by atoms with Gasteiger partial charge in [0.1, 0.15) is 0 Å². The molecule has 1 rings (SSSR count). The number of hydrogen-bond acceptors (Lipinski definition) is 4. The van der Waals surface area contributed by atoms with Gasteiger partial charge in [-0.2, -0.15) is 23.2 Å². The highest BCUT2D eigenvalue weighted by Crippen LogP contribution is 2.27. The predicted molar refractivity (Wildman–Crippen MR) is 63.8 cm³/mol. The summed E-state index contributed by atoms with van der Waals surface area (Å²) in [6.45, 7) is 0. The van der Waals surface area contributed by atoms with Gasteiger partial charge in [-0.1, -0.05) is 0 Å². The lowest BCUT2D eigenvalue weighted by molar-refractivity contribution is 0.640. The molecule has 12 heavy (non-hydrogen) atoms. The van der Waals surface area contributed by atoms with Crippen molar-refractivity contribution in [3.05, 3.63) is 0 Å². The number of nitrogens with zero attached hydrogens (tertiary/aromatic N) is 2. The molecule has 0 amide bonds. The van der Waals surface area contributed by atoms with Gasteiger partial charge >= 0.3 is 0 Å². The third kappa shape index (κ3) is 2.62. The molecule has 0 atom stereocenters. The molecule has 1 aliphatic heterocycles. The smallest absolute Gasteiger partial charge is 0.288 e. The highest BCUT2D eigenvalue weighted by molar-refractivity contribution is 8.46. The molecule has 0 spiro atoms. The van der Waals surface area contributed by atoms with Crippen LogP contribution in [-0.4, -0.2) is 61.4 Å². The first-order valence-corrected chi connectivity index (χ1v) is 6.28. The van der Waals surface area contributed by atoms with Crippen molar-refractivity contribution in [2.45, 2.75) is 0 Å². The average molecular weight is 202 g/mol. The van der Waals surface area contributed by atoms with Crippen LogP contribution in [0.2, 0.25) is 0 Å². The molecule has 6 heteroatoms. The Hall–Kier alpha value is 0.750. The molecule has 0 aliphatic carbocycles. The molecule has 0 unspecified atom stereocenters. The van der Waals surface area contributed by atoms with Crippen molar-refractivity contribution < 1.29 is 0 Å². The maximum Gasteiger partial charge on any atom is 0.288 e. The van der Waals surface area contributed by atoms with E-state index in [1.807, 2.05) is 0 Å². The fourth-order valence-electron chi connectivity index (χ4n) is 1.31. The van der Waals surface area contributed by atoms with E-state index in [2.05, 4.69) is 61.0 Å². The van der Waals surface area contributed by atoms with Gasteiger partial charge < -0.3 is 9.62 Å². The Kier molecular flexibility index (Phi) is 4.37. The van der Waals surface area contributed by atoms with E-state index in [1.165, 1.54) is 11.5 Å². The van der Waals surface area contributed by atoms with Crippen molar-refractivity contribution >= 4 is 35.3 Å². The Labute approximate surface area is 84.8 Å². The van der Waals surface area contributed by atoms with E-state index in [9.17, 15) is 0 Å². The predicted octanol–water partition coefficient (Wildman–Crippen LogP) is 0.644. The summed E-state index contributed by atoms with van der Waals surface area (Å²) in [6.07, 6.45) is 0. The molecule has 2 nitrogen and oxygen atoms in total. The number of hydrogen-bond donors (Lipinski definition) is 0. The second kappa shape index (κ2) is 4.84. The Morgan fingerprint density at radius 2 is 1.17 bits per heavy atom. The van der Waals surface area contributed by atoms with Gasteiger partial charge in [0, 0.05) is 0 Å². The van der Waals surface area contributed by atoms with Crippen molar-refractivity contribution in [3.8, 4) is 0 Å². The first-order valence-electron chi connectivity index (χ1n) is 4.19. The zero-order chi connectivity index (χ0) is 9.14. The molecule has 0 bridgehead atoms. The van der Waals surface area contributed by atoms with Gasteiger partial charge in [0.15, 0.2) is 0 Å². The van der Waals surface area contributed by atoms with E-state index in [0.717, 1.165) is 0 Å². The molecule has 68 valence electrons. The van der Waals surface area contributed by atoms with Crippen molar-refractivity contribution in [2.75, 3.05) is 39.7 Å². The van der Waals surface area contributed by atoms with Crippen LogP contribution in [0.3, 0.4) is 0 Å². The van der Waals surface area contributed by atoms with Crippen LogP contribution in [0.25, 0.3) is 0 Å². The van der Waals surface area contributed by atoms with Crippen LogP contribution in [0.4, 0.5) is 0 Å². The third-order valence-corrected chi connectivity index (χ3v) is 5.27. The van der Waals surface area contributed by atoms with Gasteiger partial charge in [-0.05, 0) is 39.7 Å². The summed E-state index contributed by atoms with van der Waals surface area (Å²) in [5.41, 5.74) is 0. The Balaban J connectivity index is 2.54. The Morgan fingerprint density at radius 1 is 0.833 bits per heavy atom. The second-order valence-electron chi connectivity index (χ2n) is 3.45. The third-order valence-electron chi connectivity index (χ3n) is 1.92. The molecule has 1 aliphatic rings. The quantitative estimate of drug-likeness (QED) is 0.606. The Morgan fingerprint density at radius 3 is 1.42 bits per heavy atom. The summed E-state index contributed by atoms with van der Waals surface area (Å²) in [6, 6.07) is 1.30. The Bertz CT molecular complexity index is 130. The molecule has 0 aromatic carbocycles. The molecule has 1 saturated heterocycles. The van der Waals surface area contributed by atoms with Gasteiger partial charge in [-0.25, -0.2) is 0 Å². The van der Waals surface area contributed by atoms with Gasteiger partial charge in [0.2, 0.25) is 0 Å². The van der Waals surface area contributed by atoms with Crippen LogP contribution < -0.4 is 0 Å². The SMILES string of the molecule is CN(C)B1SCCSB1N(C)C. The highest BCUT2D eigenvalue weighted by Gasteiger charge is 2.37. The van der Waals surface area contributed by atoms with Crippen LogP contribution >= 0.6 is 23.2 Å². The van der Waals surface area contributed by atoms with Crippen LogP contribution in [0.15, 0.2) is 0 Å². The standard InChI is InChI=1S/C6H16B2N2S2/c1-9(2)7-8(10(3)4)12-6-5-11-7/h5-6H2,1-4H3. The molecule has 1 heterocycles. The lowest BCUT2D eigenvalue weighted by Crippen LogP contribution is -2.53. The summed E-state index contributed by atoms with van der Waals surface area (Å²) in [7, 11) is 8.67. The van der Waals surface area contributed by atoms with E-state index >= 15 is 0 Å². The minimum absolute atomic E-state index is 0.652. The van der Waals surface area contributed by atoms with E-state index in [4.69, 9.17) is 0 Å². The van der Waals surface area contributed by atoms with Crippen molar-refractivity contribution in [1.82, 2.24) is 9.62 Å². The molecule has 0 aromatic rings. The zero-order valence-corrected chi connectivity index (χ0v) is 9.91. The molecular formula is C6H16B2N2S2. The molecular weight excluding hydrogens is 186 g/mol. The summed E-state index contributed by atoms with van der Waals surface area (Å²) in [4.78, 5) is 4.64. The molecule has 0 radical (unpaired) electrons. The summed E-state index contributed by atoms with van der Waals surface area (Å²) in [5.74, 6) is 2.58. The summed E-state index contributed by atoms with van der Waals surface area (Å²) < 4.78 is 0. The fourth-order valence-corrected chi connectivity index (χ4v) is 4.45. The van der Waals surface area contributed by atoms with Crippen LogP contribution in [0.5, 0.6) is 0 Å². The molecule has 0 saturated carbocycles. The first-order chi connectivity index (χ1) is 5.63. The summed E-state index contributed by atoms with van der Waals surface area (Å²) in [5, 5.41) is 0. The van der Waals surface area contributed by atoms with Gasteiger partial charge in [-0.3, -0.25) is 0 Å². The van der Waals surface area contributed by atoms with Crippen molar-refractivity contribution in [2.24, 2.45) is 0 Å². The highest BCUT2D eigenvalue weighted by atomic mass is 32.2. The molecule has 0 N–H and O–H groups in total. The minimum atomic E-state index is 0.652. The average Bonchev–Trinajstić information content (AvgIpc) is 2.04. The maximum absolute atomic E-state index is 2.32. The largest absolute Gasteiger partial charge is 0.342 e. The zero-order valence-electron chi connectivity index (χ0n) is 8.28. The second-order valence-corrected chi connectivity index (χ2v) is 5.90. The van der Waals surface area contributed by atoms with Crippen molar-refractivity contribution in [1.29, 1.82) is 0 Å². The minimum Gasteiger partial charge on any atom is -0.342 e.